The van der Waals surface area contributed by atoms with Gasteiger partial charge in [-0.3, -0.25) is 4.79 Å². The van der Waals surface area contributed by atoms with Crippen LogP contribution in [0.4, 0.5) is 0 Å². The Hall–Kier alpha value is -0.570. The minimum atomic E-state index is -0.205. The molecule has 1 aliphatic heterocycles. The molecule has 0 N–H and O–H groups in total. The molecule has 1 fully saturated rings. The molecule has 0 spiro atoms. The molecule has 3 nitrogen and oxygen atoms in total. The molecule has 13 heavy (non-hydrogen) atoms. The Bertz CT molecular complexity index is 179. The van der Waals surface area contributed by atoms with Gasteiger partial charge in [-0.15, -0.1) is 0 Å². The second-order valence-electron chi connectivity index (χ2n) is 3.73. The summed E-state index contributed by atoms with van der Waals surface area (Å²) < 4.78 is 10.5. The smallest absolute Gasteiger partial charge is 0.302 e. The van der Waals surface area contributed by atoms with Gasteiger partial charge in [0.05, 0.1) is 13.2 Å². The van der Waals surface area contributed by atoms with E-state index in [4.69, 9.17) is 9.47 Å². The van der Waals surface area contributed by atoms with Crippen molar-refractivity contribution >= 4 is 5.97 Å². The maximum atomic E-state index is 10.8. The molecule has 0 aromatic heterocycles. The lowest BCUT2D eigenvalue weighted by molar-refractivity contribution is -0.148. The SMILES string of the molecule is CCC(C)C1COCC1OC(C)=O. The van der Waals surface area contributed by atoms with Crippen molar-refractivity contribution in [3.63, 3.8) is 0 Å². The summed E-state index contributed by atoms with van der Waals surface area (Å²) in [7, 11) is 0. The predicted octanol–water partition coefficient (Wildman–Crippen LogP) is 1.61. The molecule has 0 aromatic rings. The molecule has 3 heteroatoms. The summed E-state index contributed by atoms with van der Waals surface area (Å²) in [6, 6.07) is 0. The first kappa shape index (κ1) is 10.5. The Morgan fingerprint density at radius 3 is 2.85 bits per heavy atom. The Kier molecular flexibility index (Phi) is 3.72. The van der Waals surface area contributed by atoms with Gasteiger partial charge in [0, 0.05) is 12.8 Å². The number of ether oxygens (including phenoxy) is 2. The molecule has 3 unspecified atom stereocenters. The van der Waals surface area contributed by atoms with E-state index < -0.39 is 0 Å². The van der Waals surface area contributed by atoms with Crippen molar-refractivity contribution in [3.8, 4) is 0 Å². The Morgan fingerprint density at radius 1 is 1.62 bits per heavy atom. The average Bonchev–Trinajstić information content (AvgIpc) is 2.50. The van der Waals surface area contributed by atoms with E-state index in [-0.39, 0.29) is 12.1 Å². The van der Waals surface area contributed by atoms with Crippen LogP contribution in [0.25, 0.3) is 0 Å². The number of rotatable bonds is 3. The largest absolute Gasteiger partial charge is 0.460 e. The number of hydrogen-bond acceptors (Lipinski definition) is 3. The van der Waals surface area contributed by atoms with Gasteiger partial charge in [-0.05, 0) is 5.92 Å². The molecular weight excluding hydrogens is 168 g/mol. The monoisotopic (exact) mass is 186 g/mol. The van der Waals surface area contributed by atoms with E-state index in [0.29, 0.717) is 18.4 Å². The molecule has 1 heterocycles. The zero-order valence-electron chi connectivity index (χ0n) is 8.58. The number of hydrogen-bond donors (Lipinski definition) is 0. The topological polar surface area (TPSA) is 35.5 Å². The first-order valence-corrected chi connectivity index (χ1v) is 4.90. The standard InChI is InChI=1S/C10H18O3/c1-4-7(2)9-5-12-6-10(9)13-8(3)11/h7,9-10H,4-6H2,1-3H3. The van der Waals surface area contributed by atoms with Gasteiger partial charge in [0.15, 0.2) is 0 Å². The van der Waals surface area contributed by atoms with Gasteiger partial charge in [0.1, 0.15) is 6.10 Å². The minimum Gasteiger partial charge on any atom is -0.460 e. The molecule has 0 aliphatic carbocycles. The van der Waals surface area contributed by atoms with E-state index in [2.05, 4.69) is 13.8 Å². The summed E-state index contributed by atoms with van der Waals surface area (Å²) in [6.07, 6.45) is 1.08. The molecule has 0 saturated carbocycles. The van der Waals surface area contributed by atoms with Crippen LogP contribution >= 0.6 is 0 Å². The van der Waals surface area contributed by atoms with Crippen LogP contribution in [-0.4, -0.2) is 25.3 Å². The van der Waals surface area contributed by atoms with Crippen molar-refractivity contribution in [3.05, 3.63) is 0 Å². The average molecular weight is 186 g/mol. The zero-order chi connectivity index (χ0) is 9.84. The van der Waals surface area contributed by atoms with Crippen molar-refractivity contribution in [1.82, 2.24) is 0 Å². The molecule has 76 valence electrons. The zero-order valence-corrected chi connectivity index (χ0v) is 8.58. The van der Waals surface area contributed by atoms with Crippen molar-refractivity contribution < 1.29 is 14.3 Å². The van der Waals surface area contributed by atoms with Crippen LogP contribution in [0.2, 0.25) is 0 Å². The Balaban J connectivity index is 2.48. The normalized spacial score (nSPS) is 30.1. The molecule has 1 saturated heterocycles. The first-order valence-electron chi connectivity index (χ1n) is 4.90. The van der Waals surface area contributed by atoms with Crippen molar-refractivity contribution in [2.45, 2.75) is 33.3 Å². The van der Waals surface area contributed by atoms with E-state index in [1.807, 2.05) is 0 Å². The van der Waals surface area contributed by atoms with Crippen LogP contribution in [0.1, 0.15) is 27.2 Å². The maximum Gasteiger partial charge on any atom is 0.302 e. The summed E-state index contributed by atoms with van der Waals surface area (Å²) in [6.45, 7) is 7.07. The third-order valence-corrected chi connectivity index (χ3v) is 2.76. The number of esters is 1. The highest BCUT2D eigenvalue weighted by Crippen LogP contribution is 2.26. The summed E-state index contributed by atoms with van der Waals surface area (Å²) in [5.41, 5.74) is 0. The third kappa shape index (κ3) is 2.69. The second-order valence-corrected chi connectivity index (χ2v) is 3.73. The molecule has 0 bridgehead atoms. The lowest BCUT2D eigenvalue weighted by Gasteiger charge is -2.22. The predicted molar refractivity (Wildman–Crippen MR) is 49.3 cm³/mol. The molecule has 0 radical (unpaired) electrons. The summed E-state index contributed by atoms with van der Waals surface area (Å²) in [4.78, 5) is 10.8. The molecule has 3 atom stereocenters. The van der Waals surface area contributed by atoms with E-state index in [9.17, 15) is 4.79 Å². The Labute approximate surface area is 79.4 Å². The second kappa shape index (κ2) is 4.61. The van der Waals surface area contributed by atoms with Crippen molar-refractivity contribution in [2.75, 3.05) is 13.2 Å². The van der Waals surface area contributed by atoms with Gasteiger partial charge in [0.2, 0.25) is 0 Å². The lowest BCUT2D eigenvalue weighted by Crippen LogP contribution is -2.28. The molecule has 0 amide bonds. The molecule has 0 aromatic carbocycles. The van der Waals surface area contributed by atoms with Crippen molar-refractivity contribution in [2.24, 2.45) is 11.8 Å². The van der Waals surface area contributed by atoms with E-state index in [1.54, 1.807) is 0 Å². The summed E-state index contributed by atoms with van der Waals surface area (Å²) >= 11 is 0. The van der Waals surface area contributed by atoms with Crippen LogP contribution in [-0.2, 0) is 14.3 Å². The molecule has 1 rings (SSSR count). The van der Waals surface area contributed by atoms with Crippen LogP contribution in [0, 0.1) is 11.8 Å². The fourth-order valence-corrected chi connectivity index (χ4v) is 1.72. The van der Waals surface area contributed by atoms with Gasteiger partial charge in [-0.2, -0.15) is 0 Å². The molecular formula is C10H18O3. The van der Waals surface area contributed by atoms with E-state index in [1.165, 1.54) is 6.92 Å². The maximum absolute atomic E-state index is 10.8. The van der Waals surface area contributed by atoms with E-state index >= 15 is 0 Å². The summed E-state index contributed by atoms with van der Waals surface area (Å²) in [5.74, 6) is 0.740. The number of carbonyl (C=O) groups excluding carboxylic acids is 1. The highest BCUT2D eigenvalue weighted by molar-refractivity contribution is 5.66. The first-order chi connectivity index (χ1) is 6.15. The quantitative estimate of drug-likeness (QED) is 0.628. The Morgan fingerprint density at radius 2 is 2.31 bits per heavy atom. The van der Waals surface area contributed by atoms with Gasteiger partial charge in [0.25, 0.3) is 0 Å². The van der Waals surface area contributed by atoms with Gasteiger partial charge < -0.3 is 9.47 Å². The minimum absolute atomic E-state index is 0.0209. The molecule has 1 aliphatic rings. The fraction of sp³-hybridized carbons (Fsp3) is 0.900. The van der Waals surface area contributed by atoms with Crippen molar-refractivity contribution in [1.29, 1.82) is 0 Å². The highest BCUT2D eigenvalue weighted by Gasteiger charge is 2.33. The van der Waals surface area contributed by atoms with Crippen LogP contribution < -0.4 is 0 Å². The third-order valence-electron chi connectivity index (χ3n) is 2.76. The number of carbonyl (C=O) groups is 1. The van der Waals surface area contributed by atoms with Crippen LogP contribution in [0.3, 0.4) is 0 Å². The highest BCUT2D eigenvalue weighted by atomic mass is 16.6. The van der Waals surface area contributed by atoms with E-state index in [0.717, 1.165) is 13.0 Å². The fourth-order valence-electron chi connectivity index (χ4n) is 1.72. The summed E-state index contributed by atoms with van der Waals surface area (Å²) in [5, 5.41) is 0. The van der Waals surface area contributed by atoms with Crippen LogP contribution in [0.15, 0.2) is 0 Å². The van der Waals surface area contributed by atoms with Gasteiger partial charge in [-0.1, -0.05) is 20.3 Å². The lowest BCUT2D eigenvalue weighted by atomic mass is 9.89. The van der Waals surface area contributed by atoms with Gasteiger partial charge >= 0.3 is 5.97 Å². The van der Waals surface area contributed by atoms with Gasteiger partial charge in [-0.25, -0.2) is 0 Å². The van der Waals surface area contributed by atoms with Crippen LogP contribution in [0.5, 0.6) is 0 Å².